The molecular weight excluding hydrogens is 224 g/mol. The number of halogens is 1. The van der Waals surface area contributed by atoms with E-state index in [1.54, 1.807) is 0 Å². The molecular formula is C12H19ClN2O. The van der Waals surface area contributed by atoms with E-state index in [-0.39, 0.29) is 0 Å². The highest BCUT2D eigenvalue weighted by atomic mass is 35.5. The maximum atomic E-state index is 6.01. The highest BCUT2D eigenvalue weighted by Gasteiger charge is 2.09. The van der Waals surface area contributed by atoms with Crippen LogP contribution in [0.2, 0.25) is 5.15 Å². The van der Waals surface area contributed by atoms with Gasteiger partial charge in [0, 0.05) is 12.0 Å². The SMILES string of the molecule is CCc1nc(Cl)c(C)c(OCCC(C)C)n1. The fourth-order valence-electron chi connectivity index (χ4n) is 1.20. The molecule has 0 saturated heterocycles. The number of hydrogen-bond donors (Lipinski definition) is 0. The number of rotatable bonds is 5. The molecule has 0 radical (unpaired) electrons. The van der Waals surface area contributed by atoms with Gasteiger partial charge in [-0.3, -0.25) is 0 Å². The molecule has 3 nitrogen and oxygen atoms in total. The topological polar surface area (TPSA) is 35.0 Å². The Kier molecular flexibility index (Phi) is 5.00. The van der Waals surface area contributed by atoms with Crippen molar-refractivity contribution in [1.82, 2.24) is 9.97 Å². The highest BCUT2D eigenvalue weighted by molar-refractivity contribution is 6.30. The molecule has 0 spiro atoms. The minimum absolute atomic E-state index is 0.492. The molecule has 0 saturated carbocycles. The predicted octanol–water partition coefficient (Wildman–Crippen LogP) is 3.43. The maximum Gasteiger partial charge on any atom is 0.221 e. The Morgan fingerprint density at radius 1 is 1.31 bits per heavy atom. The summed E-state index contributed by atoms with van der Waals surface area (Å²) in [6.45, 7) is 8.89. The van der Waals surface area contributed by atoms with Crippen molar-refractivity contribution in [2.45, 2.75) is 40.5 Å². The summed E-state index contributed by atoms with van der Waals surface area (Å²) in [5, 5.41) is 0.492. The molecule has 0 unspecified atom stereocenters. The molecule has 0 fully saturated rings. The molecule has 16 heavy (non-hydrogen) atoms. The van der Waals surface area contributed by atoms with Gasteiger partial charge in [-0.15, -0.1) is 0 Å². The lowest BCUT2D eigenvalue weighted by Crippen LogP contribution is -2.06. The second-order valence-electron chi connectivity index (χ2n) is 4.25. The van der Waals surface area contributed by atoms with Crippen molar-refractivity contribution in [1.29, 1.82) is 0 Å². The van der Waals surface area contributed by atoms with Crippen molar-refractivity contribution in [3.05, 3.63) is 16.5 Å². The van der Waals surface area contributed by atoms with E-state index in [2.05, 4.69) is 23.8 Å². The summed E-state index contributed by atoms with van der Waals surface area (Å²) >= 11 is 6.01. The molecule has 1 aromatic rings. The van der Waals surface area contributed by atoms with E-state index < -0.39 is 0 Å². The van der Waals surface area contributed by atoms with Crippen molar-refractivity contribution >= 4 is 11.6 Å². The van der Waals surface area contributed by atoms with E-state index in [0.29, 0.717) is 23.6 Å². The Balaban J connectivity index is 2.74. The molecule has 0 aliphatic carbocycles. The lowest BCUT2D eigenvalue weighted by atomic mass is 10.1. The summed E-state index contributed by atoms with van der Waals surface area (Å²) in [6.07, 6.45) is 1.78. The number of ether oxygens (including phenoxy) is 1. The largest absolute Gasteiger partial charge is 0.477 e. The molecule has 0 aliphatic rings. The zero-order chi connectivity index (χ0) is 12.1. The third-order valence-electron chi connectivity index (χ3n) is 2.34. The van der Waals surface area contributed by atoms with Crippen LogP contribution in [0.15, 0.2) is 0 Å². The Hall–Kier alpha value is -0.830. The molecule has 0 amide bonds. The first-order chi connectivity index (χ1) is 7.54. The van der Waals surface area contributed by atoms with Crippen LogP contribution in [0.3, 0.4) is 0 Å². The van der Waals surface area contributed by atoms with E-state index in [1.807, 2.05) is 13.8 Å². The van der Waals surface area contributed by atoms with Gasteiger partial charge in [-0.2, -0.15) is 4.98 Å². The lowest BCUT2D eigenvalue weighted by Gasteiger charge is -2.11. The van der Waals surface area contributed by atoms with Crippen LogP contribution in [0.5, 0.6) is 5.88 Å². The van der Waals surface area contributed by atoms with Crippen LogP contribution in [0, 0.1) is 12.8 Å². The van der Waals surface area contributed by atoms with E-state index in [1.165, 1.54) is 0 Å². The standard InChI is InChI=1S/C12H19ClN2O/c1-5-10-14-11(13)9(4)12(15-10)16-7-6-8(2)3/h8H,5-7H2,1-4H3. The van der Waals surface area contributed by atoms with Crippen LogP contribution < -0.4 is 4.74 Å². The zero-order valence-electron chi connectivity index (χ0n) is 10.4. The number of nitrogens with zero attached hydrogens (tertiary/aromatic N) is 2. The summed E-state index contributed by atoms with van der Waals surface area (Å²) in [7, 11) is 0. The average Bonchev–Trinajstić information content (AvgIpc) is 2.23. The van der Waals surface area contributed by atoms with Gasteiger partial charge in [0.15, 0.2) is 0 Å². The van der Waals surface area contributed by atoms with E-state index in [4.69, 9.17) is 16.3 Å². The van der Waals surface area contributed by atoms with Crippen LogP contribution in [0.1, 0.15) is 38.6 Å². The van der Waals surface area contributed by atoms with Crippen molar-refractivity contribution in [2.75, 3.05) is 6.61 Å². The van der Waals surface area contributed by atoms with Crippen LogP contribution in [-0.2, 0) is 6.42 Å². The highest BCUT2D eigenvalue weighted by Crippen LogP contribution is 2.22. The van der Waals surface area contributed by atoms with Gasteiger partial charge in [-0.05, 0) is 19.3 Å². The lowest BCUT2D eigenvalue weighted by molar-refractivity contribution is 0.276. The van der Waals surface area contributed by atoms with Gasteiger partial charge in [0.25, 0.3) is 0 Å². The van der Waals surface area contributed by atoms with Gasteiger partial charge < -0.3 is 4.74 Å². The Bertz CT molecular complexity index is 353. The minimum Gasteiger partial charge on any atom is -0.477 e. The Morgan fingerprint density at radius 3 is 2.56 bits per heavy atom. The molecule has 0 aromatic carbocycles. The molecule has 1 heterocycles. The van der Waals surface area contributed by atoms with E-state index in [0.717, 1.165) is 24.2 Å². The zero-order valence-corrected chi connectivity index (χ0v) is 11.1. The summed E-state index contributed by atoms with van der Waals surface area (Å²) in [5.41, 5.74) is 0.822. The Labute approximate surface area is 102 Å². The molecule has 1 aromatic heterocycles. The van der Waals surface area contributed by atoms with Gasteiger partial charge >= 0.3 is 0 Å². The molecule has 1 rings (SSSR count). The van der Waals surface area contributed by atoms with Crippen LogP contribution in [0.25, 0.3) is 0 Å². The van der Waals surface area contributed by atoms with Crippen LogP contribution in [0.4, 0.5) is 0 Å². The fourth-order valence-corrected chi connectivity index (χ4v) is 1.38. The average molecular weight is 243 g/mol. The number of aromatic nitrogens is 2. The Morgan fingerprint density at radius 2 is 2.00 bits per heavy atom. The quantitative estimate of drug-likeness (QED) is 0.742. The normalized spacial score (nSPS) is 10.9. The van der Waals surface area contributed by atoms with E-state index in [9.17, 15) is 0 Å². The summed E-state index contributed by atoms with van der Waals surface area (Å²) in [4.78, 5) is 8.50. The summed E-state index contributed by atoms with van der Waals surface area (Å²) in [5.74, 6) is 1.98. The van der Waals surface area contributed by atoms with Crippen molar-refractivity contribution < 1.29 is 4.74 Å². The van der Waals surface area contributed by atoms with Crippen molar-refractivity contribution in [3.8, 4) is 5.88 Å². The fraction of sp³-hybridized carbons (Fsp3) is 0.667. The van der Waals surface area contributed by atoms with Crippen LogP contribution in [-0.4, -0.2) is 16.6 Å². The minimum atomic E-state index is 0.492. The molecule has 0 N–H and O–H groups in total. The van der Waals surface area contributed by atoms with Gasteiger partial charge in [0.2, 0.25) is 5.88 Å². The summed E-state index contributed by atoms with van der Waals surface area (Å²) < 4.78 is 5.64. The third-order valence-corrected chi connectivity index (χ3v) is 2.71. The molecule has 90 valence electrons. The first-order valence-electron chi connectivity index (χ1n) is 5.70. The summed E-state index contributed by atoms with van der Waals surface area (Å²) in [6, 6.07) is 0. The van der Waals surface area contributed by atoms with Gasteiger partial charge in [-0.1, -0.05) is 32.4 Å². The number of aryl methyl sites for hydroxylation is 1. The van der Waals surface area contributed by atoms with Gasteiger partial charge in [-0.25, -0.2) is 4.98 Å². The first-order valence-corrected chi connectivity index (χ1v) is 6.08. The van der Waals surface area contributed by atoms with Crippen molar-refractivity contribution in [3.63, 3.8) is 0 Å². The number of hydrogen-bond acceptors (Lipinski definition) is 3. The van der Waals surface area contributed by atoms with Gasteiger partial charge in [0.1, 0.15) is 11.0 Å². The third kappa shape index (κ3) is 3.63. The van der Waals surface area contributed by atoms with Gasteiger partial charge in [0.05, 0.1) is 6.61 Å². The second kappa shape index (κ2) is 6.04. The first kappa shape index (κ1) is 13.2. The van der Waals surface area contributed by atoms with Crippen LogP contribution >= 0.6 is 11.6 Å². The van der Waals surface area contributed by atoms with Crippen molar-refractivity contribution in [2.24, 2.45) is 5.92 Å². The van der Waals surface area contributed by atoms with E-state index >= 15 is 0 Å². The predicted molar refractivity (Wildman–Crippen MR) is 66.1 cm³/mol. The molecule has 0 aliphatic heterocycles. The maximum absolute atomic E-state index is 6.01. The molecule has 0 bridgehead atoms. The smallest absolute Gasteiger partial charge is 0.221 e. The second-order valence-corrected chi connectivity index (χ2v) is 4.60. The monoisotopic (exact) mass is 242 g/mol. The molecule has 4 heteroatoms. The molecule has 0 atom stereocenters.